The van der Waals surface area contributed by atoms with E-state index in [1.807, 2.05) is 11.8 Å². The second kappa shape index (κ2) is 6.39. The minimum Gasteiger partial charge on any atom is -0.385 e. The van der Waals surface area contributed by atoms with Crippen LogP contribution in [0.15, 0.2) is 18.7 Å². The fourth-order valence-corrected chi connectivity index (χ4v) is 2.95. The molecule has 1 saturated heterocycles. The van der Waals surface area contributed by atoms with E-state index in [1.54, 1.807) is 12.4 Å². The molecule has 0 radical (unpaired) electrons. The second-order valence-corrected chi connectivity index (χ2v) is 5.56. The number of hydrogen-bond acceptors (Lipinski definition) is 5. The molecule has 0 amide bonds. The van der Waals surface area contributed by atoms with E-state index < -0.39 is 6.10 Å². The largest absolute Gasteiger partial charge is 0.385 e. The minimum atomic E-state index is -0.599. The number of aromatic amines is 1. The Labute approximate surface area is 128 Å². The summed E-state index contributed by atoms with van der Waals surface area (Å²) in [6.45, 7) is 3.21. The van der Waals surface area contributed by atoms with Gasteiger partial charge < -0.3 is 15.0 Å². The van der Waals surface area contributed by atoms with Crippen LogP contribution in [0.1, 0.15) is 37.4 Å². The number of aliphatic hydroxyl groups excluding tert-OH is 1. The van der Waals surface area contributed by atoms with Crippen molar-refractivity contribution in [3.63, 3.8) is 0 Å². The molecule has 118 valence electrons. The van der Waals surface area contributed by atoms with E-state index in [4.69, 9.17) is 0 Å². The summed E-state index contributed by atoms with van der Waals surface area (Å²) in [5.41, 5.74) is 0.447. The highest BCUT2D eigenvalue weighted by atomic mass is 19.1. The Kier molecular flexibility index (Phi) is 4.33. The van der Waals surface area contributed by atoms with Gasteiger partial charge in [-0.2, -0.15) is 0 Å². The monoisotopic (exact) mass is 305 g/mol. The molecule has 0 spiro atoms. The van der Waals surface area contributed by atoms with Crippen molar-refractivity contribution in [1.29, 1.82) is 0 Å². The molecule has 2 N–H and O–H groups in total. The Morgan fingerprint density at radius 2 is 2.14 bits per heavy atom. The van der Waals surface area contributed by atoms with Gasteiger partial charge in [0.25, 0.3) is 0 Å². The summed E-state index contributed by atoms with van der Waals surface area (Å²) >= 11 is 0. The van der Waals surface area contributed by atoms with Crippen LogP contribution in [0, 0.1) is 11.7 Å². The zero-order valence-electron chi connectivity index (χ0n) is 12.5. The number of aryl methyl sites for hydroxylation is 1. The molecule has 3 rings (SSSR count). The third-order valence-corrected chi connectivity index (χ3v) is 4.26. The van der Waals surface area contributed by atoms with Gasteiger partial charge in [-0.15, -0.1) is 0 Å². The summed E-state index contributed by atoms with van der Waals surface area (Å²) in [6.07, 6.45) is 6.25. The maximum Gasteiger partial charge on any atom is 0.187 e. The first-order valence-electron chi connectivity index (χ1n) is 7.62. The quantitative estimate of drug-likeness (QED) is 0.901. The van der Waals surface area contributed by atoms with Crippen LogP contribution in [0.4, 0.5) is 10.2 Å². The summed E-state index contributed by atoms with van der Waals surface area (Å²) in [5, 5.41) is 10.3. The second-order valence-electron chi connectivity index (χ2n) is 5.56. The van der Waals surface area contributed by atoms with E-state index in [1.165, 1.54) is 6.33 Å². The summed E-state index contributed by atoms with van der Waals surface area (Å²) in [7, 11) is 0. The Morgan fingerprint density at radius 1 is 1.36 bits per heavy atom. The lowest BCUT2D eigenvalue weighted by molar-refractivity contribution is 0.0855. The van der Waals surface area contributed by atoms with Crippen LogP contribution in [0.3, 0.4) is 0 Å². The van der Waals surface area contributed by atoms with E-state index in [0.717, 1.165) is 12.8 Å². The molecule has 0 aromatic carbocycles. The van der Waals surface area contributed by atoms with Crippen molar-refractivity contribution < 1.29 is 9.50 Å². The molecule has 3 heterocycles. The van der Waals surface area contributed by atoms with E-state index in [0.29, 0.717) is 36.8 Å². The predicted molar refractivity (Wildman–Crippen MR) is 79.9 cm³/mol. The first kappa shape index (κ1) is 14.9. The number of piperidine rings is 1. The molecule has 22 heavy (non-hydrogen) atoms. The predicted octanol–water partition coefficient (Wildman–Crippen LogP) is 1.85. The molecule has 0 bridgehead atoms. The van der Waals surface area contributed by atoms with Crippen LogP contribution in [0.5, 0.6) is 0 Å². The Morgan fingerprint density at radius 3 is 2.77 bits per heavy atom. The Balaban J connectivity index is 1.67. The van der Waals surface area contributed by atoms with Crippen molar-refractivity contribution >= 4 is 5.82 Å². The van der Waals surface area contributed by atoms with Gasteiger partial charge in [-0.1, -0.05) is 6.92 Å². The molecule has 6 nitrogen and oxygen atoms in total. The van der Waals surface area contributed by atoms with Gasteiger partial charge in [-0.05, 0) is 25.2 Å². The average Bonchev–Trinajstić information content (AvgIpc) is 3.09. The highest BCUT2D eigenvalue weighted by molar-refractivity contribution is 5.41. The van der Waals surface area contributed by atoms with Crippen LogP contribution < -0.4 is 4.90 Å². The van der Waals surface area contributed by atoms with Gasteiger partial charge >= 0.3 is 0 Å². The van der Waals surface area contributed by atoms with Gasteiger partial charge in [0.15, 0.2) is 11.6 Å². The Hall–Kier alpha value is -2.02. The fourth-order valence-electron chi connectivity index (χ4n) is 2.95. The summed E-state index contributed by atoms with van der Waals surface area (Å²) < 4.78 is 14.3. The fraction of sp³-hybridized carbons (Fsp3) is 0.533. The van der Waals surface area contributed by atoms with Crippen LogP contribution in [-0.2, 0) is 6.42 Å². The number of anilines is 1. The molecule has 0 saturated carbocycles. The van der Waals surface area contributed by atoms with E-state index >= 15 is 0 Å². The van der Waals surface area contributed by atoms with Crippen LogP contribution >= 0.6 is 0 Å². The molecular weight excluding hydrogens is 285 g/mol. The van der Waals surface area contributed by atoms with Crippen LogP contribution in [0.25, 0.3) is 0 Å². The van der Waals surface area contributed by atoms with Gasteiger partial charge in [0, 0.05) is 25.5 Å². The zero-order chi connectivity index (χ0) is 15.5. The van der Waals surface area contributed by atoms with Crippen molar-refractivity contribution in [2.45, 2.75) is 32.3 Å². The number of H-pyrrole nitrogens is 1. The van der Waals surface area contributed by atoms with Crippen molar-refractivity contribution in [3.8, 4) is 0 Å². The maximum atomic E-state index is 14.3. The number of imidazole rings is 1. The van der Waals surface area contributed by atoms with Crippen molar-refractivity contribution in [3.05, 3.63) is 36.1 Å². The highest BCUT2D eigenvalue weighted by Gasteiger charge is 2.29. The van der Waals surface area contributed by atoms with Crippen LogP contribution in [-0.4, -0.2) is 38.1 Å². The van der Waals surface area contributed by atoms with Gasteiger partial charge in [-0.25, -0.2) is 19.3 Å². The molecule has 1 unspecified atom stereocenters. The average molecular weight is 305 g/mol. The lowest BCUT2D eigenvalue weighted by Crippen LogP contribution is -2.37. The van der Waals surface area contributed by atoms with Crippen molar-refractivity contribution in [2.75, 3.05) is 18.0 Å². The lowest BCUT2D eigenvalue weighted by Gasteiger charge is -2.34. The molecule has 1 aliphatic heterocycles. The SMILES string of the molecule is CCc1ncnc(N2CCC(C(O)c3ncc[nH]3)CC2)c1F. The number of aromatic nitrogens is 4. The molecule has 2 aromatic rings. The lowest BCUT2D eigenvalue weighted by atomic mass is 9.91. The highest BCUT2D eigenvalue weighted by Crippen LogP contribution is 2.31. The number of nitrogens with one attached hydrogen (secondary N) is 1. The zero-order valence-corrected chi connectivity index (χ0v) is 12.5. The molecule has 0 aliphatic carbocycles. The molecule has 1 aliphatic rings. The smallest absolute Gasteiger partial charge is 0.187 e. The number of aliphatic hydroxyl groups is 1. The third kappa shape index (κ3) is 2.81. The molecular formula is C15H20FN5O. The van der Waals surface area contributed by atoms with Crippen molar-refractivity contribution in [1.82, 2.24) is 19.9 Å². The van der Waals surface area contributed by atoms with E-state index in [9.17, 15) is 9.50 Å². The standard InChI is InChI=1S/C15H20FN5O/c1-2-11-12(16)15(20-9-19-11)21-7-3-10(4-8-21)13(22)14-17-5-6-18-14/h5-6,9-10,13,22H,2-4,7-8H2,1H3,(H,17,18). The molecule has 7 heteroatoms. The van der Waals surface area contributed by atoms with Crippen molar-refractivity contribution in [2.24, 2.45) is 5.92 Å². The third-order valence-electron chi connectivity index (χ3n) is 4.26. The minimum absolute atomic E-state index is 0.123. The van der Waals surface area contributed by atoms with Crippen LogP contribution in [0.2, 0.25) is 0 Å². The normalized spacial score (nSPS) is 17.7. The van der Waals surface area contributed by atoms with Gasteiger partial charge in [0.05, 0.1) is 5.69 Å². The summed E-state index contributed by atoms with van der Waals surface area (Å²) in [6, 6.07) is 0. The first-order valence-corrected chi connectivity index (χ1v) is 7.62. The first-order chi connectivity index (χ1) is 10.7. The molecule has 1 fully saturated rings. The van der Waals surface area contributed by atoms with Gasteiger partial charge in [0.2, 0.25) is 0 Å². The topological polar surface area (TPSA) is 77.9 Å². The number of rotatable bonds is 4. The summed E-state index contributed by atoms with van der Waals surface area (Å²) in [5.74, 6) is 0.769. The van der Waals surface area contributed by atoms with E-state index in [-0.39, 0.29) is 11.7 Å². The van der Waals surface area contributed by atoms with Gasteiger partial charge in [-0.3, -0.25) is 0 Å². The number of halogens is 1. The number of nitrogens with zero attached hydrogens (tertiary/aromatic N) is 4. The molecule has 2 aromatic heterocycles. The van der Waals surface area contributed by atoms with Gasteiger partial charge in [0.1, 0.15) is 18.3 Å². The number of hydrogen-bond donors (Lipinski definition) is 2. The molecule has 1 atom stereocenters. The Bertz CT molecular complexity index is 610. The summed E-state index contributed by atoms with van der Waals surface area (Å²) in [4.78, 5) is 17.0. The van der Waals surface area contributed by atoms with E-state index in [2.05, 4.69) is 19.9 Å². The maximum absolute atomic E-state index is 14.3.